The molecule has 6 nitrogen and oxygen atoms in total. The summed E-state index contributed by atoms with van der Waals surface area (Å²) in [5, 5.41) is 0. The topological polar surface area (TPSA) is 68.7 Å². The number of hydrogen-bond acceptors (Lipinski definition) is 5. The number of ether oxygens (including phenoxy) is 2. The molecule has 0 saturated heterocycles. The summed E-state index contributed by atoms with van der Waals surface area (Å²) >= 11 is 0. The highest BCUT2D eigenvalue weighted by Gasteiger charge is 2.34. The predicted molar refractivity (Wildman–Crippen MR) is 121 cm³/mol. The Morgan fingerprint density at radius 1 is 1.06 bits per heavy atom. The standard InChI is InChI=1S/C26H24N2O4/c1-31-26(30)24-15-21-6-2-3-7-22(21)17-28(24)25(29)13-10-19-8-11-23(12-9-19)32-18-20-5-4-14-27-16-20/h2-14,16,24H,15,17-18H2,1H3/b13-10+. The van der Waals surface area contributed by atoms with Gasteiger partial charge in [-0.1, -0.05) is 42.5 Å². The van der Waals surface area contributed by atoms with Crippen molar-refractivity contribution in [1.29, 1.82) is 0 Å². The lowest BCUT2D eigenvalue weighted by Crippen LogP contribution is -2.48. The maximum atomic E-state index is 12.9. The molecule has 0 bridgehead atoms. The number of rotatable bonds is 6. The van der Waals surface area contributed by atoms with Gasteiger partial charge in [-0.3, -0.25) is 9.78 Å². The zero-order chi connectivity index (χ0) is 22.3. The minimum atomic E-state index is -0.629. The molecule has 2 heterocycles. The number of aromatic nitrogens is 1. The number of esters is 1. The SMILES string of the molecule is COC(=O)C1Cc2ccccc2CN1C(=O)/C=C/c1ccc(OCc2cccnc2)cc1. The van der Waals surface area contributed by atoms with Crippen LogP contribution in [0.15, 0.2) is 79.1 Å². The second-order valence-corrected chi connectivity index (χ2v) is 7.53. The van der Waals surface area contributed by atoms with Gasteiger partial charge in [-0.25, -0.2) is 4.79 Å². The van der Waals surface area contributed by atoms with Crippen LogP contribution in [0.3, 0.4) is 0 Å². The monoisotopic (exact) mass is 428 g/mol. The van der Waals surface area contributed by atoms with Crippen LogP contribution in [0.4, 0.5) is 0 Å². The number of hydrogen-bond donors (Lipinski definition) is 0. The Labute approximate surface area is 187 Å². The highest BCUT2D eigenvalue weighted by Crippen LogP contribution is 2.24. The molecule has 3 aromatic rings. The van der Waals surface area contributed by atoms with Crippen LogP contribution in [0, 0.1) is 0 Å². The molecule has 6 heteroatoms. The van der Waals surface area contributed by atoms with Gasteiger partial charge in [0.1, 0.15) is 18.4 Å². The average molecular weight is 428 g/mol. The average Bonchev–Trinajstić information content (AvgIpc) is 2.86. The highest BCUT2D eigenvalue weighted by molar-refractivity contribution is 5.95. The smallest absolute Gasteiger partial charge is 0.328 e. The van der Waals surface area contributed by atoms with E-state index < -0.39 is 12.0 Å². The molecular formula is C26H24N2O4. The molecule has 1 amide bonds. The third-order valence-corrected chi connectivity index (χ3v) is 5.43. The lowest BCUT2D eigenvalue weighted by atomic mass is 9.94. The second kappa shape index (κ2) is 9.92. The number of pyridine rings is 1. The van der Waals surface area contributed by atoms with Crippen LogP contribution in [-0.4, -0.2) is 34.9 Å². The van der Waals surface area contributed by atoms with Crippen molar-refractivity contribution in [2.24, 2.45) is 0 Å². The summed E-state index contributed by atoms with van der Waals surface area (Å²) in [5.41, 5.74) is 3.96. The van der Waals surface area contributed by atoms with Crippen molar-refractivity contribution in [3.8, 4) is 5.75 Å². The zero-order valence-electron chi connectivity index (χ0n) is 17.8. The van der Waals surface area contributed by atoms with E-state index >= 15 is 0 Å². The van der Waals surface area contributed by atoms with E-state index in [1.807, 2.05) is 60.7 Å². The van der Waals surface area contributed by atoms with E-state index in [4.69, 9.17) is 9.47 Å². The Balaban J connectivity index is 1.42. The van der Waals surface area contributed by atoms with Gasteiger partial charge in [0.15, 0.2) is 0 Å². The van der Waals surface area contributed by atoms with Gasteiger partial charge in [-0.05, 0) is 41.0 Å². The predicted octanol–water partition coefficient (Wildman–Crippen LogP) is 3.80. The lowest BCUT2D eigenvalue weighted by Gasteiger charge is -2.34. The first kappa shape index (κ1) is 21.3. The van der Waals surface area contributed by atoms with E-state index in [9.17, 15) is 9.59 Å². The third-order valence-electron chi connectivity index (χ3n) is 5.43. The molecule has 4 rings (SSSR count). The number of methoxy groups -OCH3 is 1. The van der Waals surface area contributed by atoms with Crippen molar-refractivity contribution in [2.45, 2.75) is 25.6 Å². The maximum absolute atomic E-state index is 12.9. The zero-order valence-corrected chi connectivity index (χ0v) is 17.8. The summed E-state index contributed by atoms with van der Waals surface area (Å²) in [5.74, 6) is 0.0962. The van der Waals surface area contributed by atoms with Crippen LogP contribution in [0.25, 0.3) is 6.08 Å². The second-order valence-electron chi connectivity index (χ2n) is 7.53. The number of carbonyl (C=O) groups excluding carboxylic acids is 2. The van der Waals surface area contributed by atoms with Gasteiger partial charge in [0, 0.05) is 37.0 Å². The molecule has 2 aromatic carbocycles. The summed E-state index contributed by atoms with van der Waals surface area (Å²) in [6.45, 7) is 0.813. The molecular weight excluding hydrogens is 404 g/mol. The first-order valence-corrected chi connectivity index (χ1v) is 10.4. The quantitative estimate of drug-likeness (QED) is 0.441. The molecule has 0 saturated carbocycles. The molecule has 162 valence electrons. The van der Waals surface area contributed by atoms with E-state index in [2.05, 4.69) is 4.98 Å². The summed E-state index contributed by atoms with van der Waals surface area (Å²) < 4.78 is 10.7. The fraction of sp³-hybridized carbons (Fsp3) is 0.192. The van der Waals surface area contributed by atoms with Gasteiger partial charge in [-0.2, -0.15) is 0 Å². The number of benzene rings is 2. The Morgan fingerprint density at radius 3 is 2.56 bits per heavy atom. The van der Waals surface area contributed by atoms with Gasteiger partial charge in [0.05, 0.1) is 7.11 Å². The number of fused-ring (bicyclic) bond motifs is 1. The molecule has 1 aromatic heterocycles. The summed E-state index contributed by atoms with van der Waals surface area (Å²) in [6.07, 6.45) is 7.17. The van der Waals surface area contributed by atoms with Crippen molar-refractivity contribution in [1.82, 2.24) is 9.88 Å². The Hall–Kier alpha value is -3.93. The van der Waals surface area contributed by atoms with Crippen LogP contribution in [-0.2, 0) is 33.9 Å². The minimum Gasteiger partial charge on any atom is -0.489 e. The summed E-state index contributed by atoms with van der Waals surface area (Å²) in [7, 11) is 1.35. The Kier molecular flexibility index (Phi) is 6.60. The van der Waals surface area contributed by atoms with Crippen molar-refractivity contribution in [3.63, 3.8) is 0 Å². The lowest BCUT2D eigenvalue weighted by molar-refractivity contribution is -0.152. The van der Waals surface area contributed by atoms with Gasteiger partial charge < -0.3 is 14.4 Å². The van der Waals surface area contributed by atoms with Crippen molar-refractivity contribution < 1.29 is 19.1 Å². The first-order valence-electron chi connectivity index (χ1n) is 10.4. The largest absolute Gasteiger partial charge is 0.489 e. The molecule has 0 radical (unpaired) electrons. The Morgan fingerprint density at radius 2 is 1.84 bits per heavy atom. The van der Waals surface area contributed by atoms with Crippen LogP contribution in [0.2, 0.25) is 0 Å². The summed E-state index contributed by atoms with van der Waals surface area (Å²) in [4.78, 5) is 30.9. The molecule has 1 unspecified atom stereocenters. The number of amides is 1. The van der Waals surface area contributed by atoms with E-state index in [0.29, 0.717) is 19.6 Å². The van der Waals surface area contributed by atoms with E-state index in [-0.39, 0.29) is 5.91 Å². The molecule has 0 aliphatic carbocycles. The van der Waals surface area contributed by atoms with Crippen molar-refractivity contribution in [3.05, 3.63) is 101 Å². The van der Waals surface area contributed by atoms with Gasteiger partial charge >= 0.3 is 5.97 Å². The van der Waals surface area contributed by atoms with Crippen molar-refractivity contribution in [2.75, 3.05) is 7.11 Å². The highest BCUT2D eigenvalue weighted by atomic mass is 16.5. The van der Waals surface area contributed by atoms with E-state index in [1.165, 1.54) is 13.2 Å². The third kappa shape index (κ3) is 5.03. The molecule has 32 heavy (non-hydrogen) atoms. The molecule has 1 aliphatic rings. The van der Waals surface area contributed by atoms with Crippen LogP contribution in [0.1, 0.15) is 22.3 Å². The Bertz CT molecular complexity index is 1110. The van der Waals surface area contributed by atoms with Gasteiger partial charge in [0.2, 0.25) is 5.91 Å². The van der Waals surface area contributed by atoms with E-state index in [1.54, 1.807) is 23.4 Å². The molecule has 0 N–H and O–H groups in total. The number of carbonyl (C=O) groups is 2. The fourth-order valence-electron chi connectivity index (χ4n) is 3.69. The van der Waals surface area contributed by atoms with Gasteiger partial charge in [-0.15, -0.1) is 0 Å². The van der Waals surface area contributed by atoms with Crippen molar-refractivity contribution >= 4 is 18.0 Å². The van der Waals surface area contributed by atoms with Crippen LogP contribution < -0.4 is 4.74 Å². The van der Waals surface area contributed by atoms with Crippen LogP contribution >= 0.6 is 0 Å². The first-order chi connectivity index (χ1) is 15.6. The summed E-state index contributed by atoms with van der Waals surface area (Å²) in [6, 6.07) is 18.5. The molecule has 0 fully saturated rings. The molecule has 1 atom stereocenters. The normalized spacial score (nSPS) is 15.3. The van der Waals surface area contributed by atoms with Gasteiger partial charge in [0.25, 0.3) is 0 Å². The maximum Gasteiger partial charge on any atom is 0.328 e. The van der Waals surface area contributed by atoms with Crippen LogP contribution in [0.5, 0.6) is 5.75 Å². The van der Waals surface area contributed by atoms with E-state index in [0.717, 1.165) is 28.0 Å². The fourth-order valence-corrected chi connectivity index (χ4v) is 3.69. The molecule has 1 aliphatic heterocycles. The number of nitrogens with zero attached hydrogens (tertiary/aromatic N) is 2. The minimum absolute atomic E-state index is 0.230. The molecule has 0 spiro atoms.